The Morgan fingerprint density at radius 2 is 2.28 bits per heavy atom. The number of halogens is 1. The Bertz CT molecular complexity index is 619. The molecule has 4 N–H and O–H groups in total. The molecule has 2 heterocycles. The lowest BCUT2D eigenvalue weighted by Crippen LogP contribution is -2.26. The van der Waals surface area contributed by atoms with Gasteiger partial charge in [-0.2, -0.15) is 0 Å². The maximum absolute atomic E-state index is 12.2. The maximum Gasteiger partial charge on any atom is 0.215 e. The number of hydrogen-bond donors (Lipinski definition) is 4. The highest BCUT2D eigenvalue weighted by atomic mass is 127. The number of imidazole rings is 1. The molecule has 2 aromatic heterocycles. The van der Waals surface area contributed by atoms with E-state index in [-0.39, 0.29) is 12.0 Å². The first-order chi connectivity index (χ1) is 8.52. The van der Waals surface area contributed by atoms with Gasteiger partial charge in [0.05, 0.1) is 12.7 Å². The van der Waals surface area contributed by atoms with E-state index in [4.69, 9.17) is 4.74 Å². The second kappa shape index (κ2) is 5.24. The van der Waals surface area contributed by atoms with Gasteiger partial charge in [0.2, 0.25) is 11.3 Å². The fourth-order valence-corrected chi connectivity index (χ4v) is 1.92. The summed E-state index contributed by atoms with van der Waals surface area (Å²) >= 11 is 1.80. The molecular formula is C10H13IN4O3. The molecule has 0 fully saturated rings. The molecular weight excluding hydrogens is 351 g/mol. The van der Waals surface area contributed by atoms with Crippen molar-refractivity contribution in [3.8, 4) is 5.88 Å². The van der Waals surface area contributed by atoms with Crippen molar-refractivity contribution in [2.45, 2.75) is 17.7 Å². The Morgan fingerprint density at radius 3 is 2.89 bits per heavy atom. The van der Waals surface area contributed by atoms with Crippen molar-refractivity contribution >= 4 is 33.8 Å². The van der Waals surface area contributed by atoms with Crippen LogP contribution in [0.1, 0.15) is 11.4 Å². The molecule has 0 radical (unpaired) electrons. The summed E-state index contributed by atoms with van der Waals surface area (Å²) in [5.41, 5.74) is 1.11. The smallest absolute Gasteiger partial charge is 0.215 e. The molecule has 18 heavy (non-hydrogen) atoms. The van der Waals surface area contributed by atoms with Crippen LogP contribution in [0.3, 0.4) is 0 Å². The number of ether oxygens (including phenoxy) is 1. The van der Waals surface area contributed by atoms with Crippen LogP contribution in [-0.4, -0.2) is 31.4 Å². The number of aryl methyl sites for hydroxylation is 1. The largest absolute Gasteiger partial charge is 0.482 e. The van der Waals surface area contributed by atoms with Crippen molar-refractivity contribution in [2.75, 3.05) is 7.11 Å². The number of aromatic amines is 2. The molecule has 0 aromatic carbocycles. The van der Waals surface area contributed by atoms with Gasteiger partial charge in [0.25, 0.3) is 0 Å². The summed E-state index contributed by atoms with van der Waals surface area (Å²) in [6, 6.07) is 0. The summed E-state index contributed by atoms with van der Waals surface area (Å²) in [5.74, 6) is 1.00. The first-order valence-electron chi connectivity index (χ1n) is 5.24. The van der Waals surface area contributed by atoms with Gasteiger partial charge in [-0.15, -0.1) is 0 Å². The van der Waals surface area contributed by atoms with E-state index < -0.39 is 4.23 Å². The zero-order valence-electron chi connectivity index (χ0n) is 9.87. The average molecular weight is 364 g/mol. The molecule has 8 heteroatoms. The van der Waals surface area contributed by atoms with Crippen LogP contribution in [0.5, 0.6) is 5.88 Å². The lowest BCUT2D eigenvalue weighted by atomic mass is 10.2. The average Bonchev–Trinajstić information content (AvgIpc) is 2.68. The van der Waals surface area contributed by atoms with E-state index >= 15 is 0 Å². The number of pyridine rings is 1. The third-order valence-corrected chi connectivity index (χ3v) is 2.92. The molecule has 0 saturated carbocycles. The van der Waals surface area contributed by atoms with Gasteiger partial charge in [-0.3, -0.25) is 10.1 Å². The van der Waals surface area contributed by atoms with E-state index in [9.17, 15) is 9.90 Å². The number of alkyl halides is 1. The standard InChI is InChI=1S/C10H13IN4O3/c1-4-13-6-7(16)5(3-12-10(11)17)9(18-2)15-8(6)14-4/h10,12,17H,3H2,1-2H3,(H2,13,14,15,16). The number of aliphatic hydroxyl groups excluding tert-OH is 1. The first kappa shape index (κ1) is 13.3. The third kappa shape index (κ3) is 2.49. The number of aromatic nitrogens is 3. The predicted molar refractivity (Wildman–Crippen MR) is 74.9 cm³/mol. The molecule has 0 aliphatic rings. The molecule has 0 saturated heterocycles. The summed E-state index contributed by atoms with van der Waals surface area (Å²) in [6.45, 7) is 1.98. The number of hydrogen-bond acceptors (Lipinski definition) is 5. The molecule has 0 bridgehead atoms. The monoisotopic (exact) mass is 364 g/mol. The van der Waals surface area contributed by atoms with Gasteiger partial charge in [-0.25, -0.2) is 4.98 Å². The Balaban J connectivity index is 2.55. The molecule has 0 aliphatic heterocycles. The van der Waals surface area contributed by atoms with Gasteiger partial charge in [-0.1, -0.05) is 0 Å². The second-order valence-electron chi connectivity index (χ2n) is 3.73. The summed E-state index contributed by atoms with van der Waals surface area (Å²) in [7, 11) is 1.47. The Hall–Kier alpha value is -1.13. The Morgan fingerprint density at radius 1 is 1.56 bits per heavy atom. The summed E-state index contributed by atoms with van der Waals surface area (Å²) in [6.07, 6.45) is 0. The van der Waals surface area contributed by atoms with E-state index in [1.54, 1.807) is 29.5 Å². The zero-order valence-corrected chi connectivity index (χ0v) is 12.0. The summed E-state index contributed by atoms with van der Waals surface area (Å²) in [5, 5.41) is 11.9. The van der Waals surface area contributed by atoms with Crippen molar-refractivity contribution in [3.05, 3.63) is 21.6 Å². The molecule has 1 unspecified atom stereocenters. The molecule has 98 valence electrons. The van der Waals surface area contributed by atoms with Gasteiger partial charge in [-0.05, 0) is 29.5 Å². The van der Waals surface area contributed by atoms with Gasteiger partial charge in [0, 0.05) is 6.54 Å². The van der Waals surface area contributed by atoms with Gasteiger partial charge in [0.1, 0.15) is 11.3 Å². The van der Waals surface area contributed by atoms with Crippen molar-refractivity contribution < 1.29 is 9.84 Å². The fourth-order valence-electron chi connectivity index (χ4n) is 1.70. The number of nitrogens with one attached hydrogen (secondary N) is 3. The number of H-pyrrole nitrogens is 2. The molecule has 1 atom stereocenters. The molecule has 0 aliphatic carbocycles. The quantitative estimate of drug-likeness (QED) is 0.272. The minimum atomic E-state index is -0.731. The normalized spacial score (nSPS) is 12.9. The SMILES string of the molecule is COc1[nH]c2nc(C)[nH]c2c(=O)c1CNC(O)I. The number of fused-ring (bicyclic) bond motifs is 1. The van der Waals surface area contributed by atoms with Crippen LogP contribution in [0, 0.1) is 6.92 Å². The minimum absolute atomic E-state index is 0.189. The van der Waals surface area contributed by atoms with E-state index in [1.807, 2.05) is 0 Å². The Labute approximate surface area is 116 Å². The van der Waals surface area contributed by atoms with Crippen LogP contribution in [0.2, 0.25) is 0 Å². The van der Waals surface area contributed by atoms with E-state index in [0.717, 1.165) is 0 Å². The fraction of sp³-hybridized carbons (Fsp3) is 0.400. The topological polar surface area (TPSA) is 103 Å². The van der Waals surface area contributed by atoms with E-state index in [0.29, 0.717) is 28.4 Å². The molecule has 0 spiro atoms. The molecule has 0 amide bonds. The van der Waals surface area contributed by atoms with Crippen LogP contribution in [0.4, 0.5) is 0 Å². The van der Waals surface area contributed by atoms with Crippen LogP contribution in [0.25, 0.3) is 11.2 Å². The van der Waals surface area contributed by atoms with Crippen LogP contribution < -0.4 is 15.5 Å². The Kier molecular flexibility index (Phi) is 3.88. The summed E-state index contributed by atoms with van der Waals surface area (Å²) < 4.78 is 4.41. The maximum atomic E-state index is 12.2. The second-order valence-corrected chi connectivity index (χ2v) is 4.91. The summed E-state index contributed by atoms with van der Waals surface area (Å²) in [4.78, 5) is 22.2. The highest BCUT2D eigenvalue weighted by Gasteiger charge is 2.15. The van der Waals surface area contributed by atoms with E-state index in [1.165, 1.54) is 7.11 Å². The van der Waals surface area contributed by atoms with Crippen molar-refractivity contribution in [1.29, 1.82) is 0 Å². The first-order valence-corrected chi connectivity index (χ1v) is 6.48. The van der Waals surface area contributed by atoms with Gasteiger partial charge < -0.3 is 19.8 Å². The molecule has 7 nitrogen and oxygen atoms in total. The highest BCUT2D eigenvalue weighted by molar-refractivity contribution is 14.1. The van der Waals surface area contributed by atoms with Gasteiger partial charge >= 0.3 is 0 Å². The number of aliphatic hydroxyl groups is 1. The molecule has 2 aromatic rings. The van der Waals surface area contributed by atoms with Crippen LogP contribution >= 0.6 is 22.6 Å². The molecule has 2 rings (SSSR count). The van der Waals surface area contributed by atoms with Crippen LogP contribution in [0.15, 0.2) is 4.79 Å². The number of methoxy groups -OCH3 is 1. The minimum Gasteiger partial charge on any atom is -0.482 e. The van der Waals surface area contributed by atoms with E-state index in [2.05, 4.69) is 20.3 Å². The predicted octanol–water partition coefficient (Wildman–Crippen LogP) is 0.369. The third-order valence-electron chi connectivity index (χ3n) is 2.48. The van der Waals surface area contributed by atoms with Crippen molar-refractivity contribution in [2.24, 2.45) is 0 Å². The van der Waals surface area contributed by atoms with Crippen LogP contribution in [-0.2, 0) is 6.54 Å². The lowest BCUT2D eigenvalue weighted by molar-refractivity contribution is 0.238. The lowest BCUT2D eigenvalue weighted by Gasteiger charge is -2.09. The van der Waals surface area contributed by atoms with Crippen molar-refractivity contribution in [3.63, 3.8) is 0 Å². The van der Waals surface area contributed by atoms with Gasteiger partial charge in [0.15, 0.2) is 9.88 Å². The number of rotatable bonds is 4. The van der Waals surface area contributed by atoms with Crippen molar-refractivity contribution in [1.82, 2.24) is 20.3 Å². The number of nitrogens with zero attached hydrogens (tertiary/aromatic N) is 1. The highest BCUT2D eigenvalue weighted by Crippen LogP contribution is 2.16. The zero-order chi connectivity index (χ0) is 13.3.